The Hall–Kier alpha value is -2.18. The van der Waals surface area contributed by atoms with Crippen LogP contribution >= 0.6 is 7.37 Å². The van der Waals surface area contributed by atoms with Crippen LogP contribution in [0.2, 0.25) is 0 Å². The fourth-order valence-corrected chi connectivity index (χ4v) is 6.31. The third-order valence-electron chi connectivity index (χ3n) is 5.42. The van der Waals surface area contributed by atoms with Gasteiger partial charge in [-0.15, -0.1) is 0 Å². The monoisotopic (exact) mass is 438 g/mol. The number of hydrogen-bond donors (Lipinski definition) is 3. The number of nitrogens with one attached hydrogen (secondary N) is 1. The number of benzene rings is 1. The third-order valence-corrected chi connectivity index (χ3v) is 7.85. The van der Waals surface area contributed by atoms with Crippen molar-refractivity contribution < 1.29 is 28.9 Å². The Bertz CT molecular complexity index is 813. The minimum atomic E-state index is -3.99. The fourth-order valence-electron chi connectivity index (χ4n) is 3.90. The maximum absolute atomic E-state index is 13.3. The Kier molecular flexibility index (Phi) is 8.21. The largest absolute Gasteiger partial charge is 0.481 e. The molecule has 0 aromatic heterocycles. The number of carboxylic acids is 1. The van der Waals surface area contributed by atoms with Gasteiger partial charge < -0.3 is 20.2 Å². The number of rotatable bonds is 9. The second kappa shape index (κ2) is 10.2. The third kappa shape index (κ3) is 6.16. The van der Waals surface area contributed by atoms with E-state index in [2.05, 4.69) is 5.32 Å². The molecule has 4 atom stereocenters. The molecule has 30 heavy (non-hydrogen) atoms. The predicted octanol–water partition coefficient (Wildman–Crippen LogP) is 2.31. The lowest BCUT2D eigenvalue weighted by atomic mass is 10.0. The molecule has 1 aromatic carbocycles. The minimum Gasteiger partial charge on any atom is -0.481 e. The smallest absolute Gasteiger partial charge is 0.307 e. The quantitative estimate of drug-likeness (QED) is 0.508. The van der Waals surface area contributed by atoms with Gasteiger partial charge in [0.15, 0.2) is 0 Å². The SMILES string of the molecule is CC(=O)N[C@H](C(=O)N1CCC[C@@H]1P(=O)(O)C[C@@H](Cc1ccccc1)C(=O)O)C(C)C. The molecule has 8 nitrogen and oxygen atoms in total. The highest BCUT2D eigenvalue weighted by Gasteiger charge is 2.45. The number of likely N-dealkylation sites (tertiary alicyclic amines) is 1. The molecule has 166 valence electrons. The second-order valence-corrected chi connectivity index (χ2v) is 10.7. The summed E-state index contributed by atoms with van der Waals surface area (Å²) in [5.74, 6) is -4.03. The molecule has 2 amide bonds. The van der Waals surface area contributed by atoms with Crippen LogP contribution in [-0.4, -0.2) is 57.2 Å². The standard InChI is InChI=1S/C21H31N2O6P/c1-14(2)19(22-15(3)24)20(25)23-11-7-10-18(23)30(28,29)13-17(21(26)27)12-16-8-5-4-6-9-16/h4-6,8-9,14,17-19H,7,10-13H2,1-3H3,(H,22,24)(H,26,27)(H,28,29)/t17-,18+,19+/m1/s1. The van der Waals surface area contributed by atoms with Crippen molar-refractivity contribution in [2.45, 2.75) is 51.9 Å². The van der Waals surface area contributed by atoms with E-state index >= 15 is 0 Å². The Labute approximate surface area is 177 Å². The molecule has 1 saturated heterocycles. The maximum Gasteiger partial charge on any atom is 0.307 e. The van der Waals surface area contributed by atoms with Gasteiger partial charge in [0.2, 0.25) is 19.2 Å². The highest BCUT2D eigenvalue weighted by atomic mass is 31.2. The summed E-state index contributed by atoms with van der Waals surface area (Å²) in [4.78, 5) is 48.5. The number of carboxylic acid groups (broad SMARTS) is 1. The summed E-state index contributed by atoms with van der Waals surface area (Å²) in [5, 5.41) is 12.2. The lowest BCUT2D eigenvalue weighted by Crippen LogP contribution is -2.52. The van der Waals surface area contributed by atoms with Crippen LogP contribution in [0.3, 0.4) is 0 Å². The van der Waals surface area contributed by atoms with Crippen molar-refractivity contribution in [2.75, 3.05) is 12.7 Å². The van der Waals surface area contributed by atoms with Crippen LogP contribution in [0, 0.1) is 11.8 Å². The Balaban J connectivity index is 2.19. The molecule has 1 aromatic rings. The average Bonchev–Trinajstić information content (AvgIpc) is 3.16. The van der Waals surface area contributed by atoms with Crippen molar-refractivity contribution in [3.8, 4) is 0 Å². The van der Waals surface area contributed by atoms with Gasteiger partial charge in [0.05, 0.1) is 5.92 Å². The molecule has 0 spiro atoms. The van der Waals surface area contributed by atoms with Crippen LogP contribution in [-0.2, 0) is 25.4 Å². The topological polar surface area (TPSA) is 124 Å². The summed E-state index contributed by atoms with van der Waals surface area (Å²) < 4.78 is 13.3. The van der Waals surface area contributed by atoms with E-state index in [4.69, 9.17) is 0 Å². The van der Waals surface area contributed by atoms with Gasteiger partial charge in [-0.2, -0.15) is 0 Å². The molecule has 2 rings (SSSR count). The summed E-state index contributed by atoms with van der Waals surface area (Å²) in [6.45, 7) is 5.22. The van der Waals surface area contributed by atoms with E-state index in [0.29, 0.717) is 19.4 Å². The van der Waals surface area contributed by atoms with Crippen LogP contribution in [0.1, 0.15) is 39.2 Å². The van der Waals surface area contributed by atoms with E-state index in [9.17, 15) is 28.9 Å². The van der Waals surface area contributed by atoms with Gasteiger partial charge in [0, 0.05) is 19.6 Å². The molecule has 0 radical (unpaired) electrons. The van der Waals surface area contributed by atoms with Gasteiger partial charge in [-0.25, -0.2) is 0 Å². The van der Waals surface area contributed by atoms with E-state index in [1.165, 1.54) is 11.8 Å². The van der Waals surface area contributed by atoms with E-state index < -0.39 is 43.1 Å². The zero-order chi connectivity index (χ0) is 22.5. The number of nitrogens with zero attached hydrogens (tertiary/aromatic N) is 1. The molecule has 0 saturated carbocycles. The van der Waals surface area contributed by atoms with Gasteiger partial charge in [0.25, 0.3) is 0 Å². The molecular formula is C21H31N2O6P. The van der Waals surface area contributed by atoms with E-state index in [-0.39, 0.29) is 18.2 Å². The van der Waals surface area contributed by atoms with E-state index in [0.717, 1.165) is 5.56 Å². The first kappa shape index (κ1) is 24.1. The lowest BCUT2D eigenvalue weighted by molar-refractivity contribution is -0.141. The van der Waals surface area contributed by atoms with E-state index in [1.54, 1.807) is 38.1 Å². The lowest BCUT2D eigenvalue weighted by Gasteiger charge is -2.33. The molecule has 0 bridgehead atoms. The van der Waals surface area contributed by atoms with Gasteiger partial charge in [-0.1, -0.05) is 44.2 Å². The summed E-state index contributed by atoms with van der Waals surface area (Å²) >= 11 is 0. The van der Waals surface area contributed by atoms with Crippen LogP contribution in [0.4, 0.5) is 0 Å². The number of aliphatic carboxylic acids is 1. The summed E-state index contributed by atoms with van der Waals surface area (Å²) in [7, 11) is -3.99. The minimum absolute atomic E-state index is 0.141. The van der Waals surface area contributed by atoms with Crippen molar-refractivity contribution >= 4 is 25.2 Å². The van der Waals surface area contributed by atoms with Crippen molar-refractivity contribution in [2.24, 2.45) is 11.8 Å². The Morgan fingerprint density at radius 3 is 2.40 bits per heavy atom. The summed E-state index contributed by atoms with van der Waals surface area (Å²) in [5.41, 5.74) is 0.773. The predicted molar refractivity (Wildman–Crippen MR) is 113 cm³/mol. The van der Waals surface area contributed by atoms with Crippen molar-refractivity contribution in [3.63, 3.8) is 0 Å². The van der Waals surface area contributed by atoms with Gasteiger partial charge in [0.1, 0.15) is 11.8 Å². The maximum atomic E-state index is 13.3. The molecule has 1 aliphatic heterocycles. The molecule has 1 heterocycles. The van der Waals surface area contributed by atoms with Crippen LogP contribution in [0.25, 0.3) is 0 Å². The highest BCUT2D eigenvalue weighted by Crippen LogP contribution is 2.53. The number of carbonyl (C=O) groups excluding carboxylic acids is 2. The van der Waals surface area contributed by atoms with Crippen molar-refractivity contribution in [1.29, 1.82) is 0 Å². The number of hydrogen-bond acceptors (Lipinski definition) is 4. The van der Waals surface area contributed by atoms with Crippen molar-refractivity contribution in [3.05, 3.63) is 35.9 Å². The van der Waals surface area contributed by atoms with Crippen LogP contribution in [0.15, 0.2) is 30.3 Å². The number of amides is 2. The normalized spacial score (nSPS) is 20.4. The van der Waals surface area contributed by atoms with Crippen LogP contribution in [0.5, 0.6) is 0 Å². The molecule has 3 N–H and O–H groups in total. The Morgan fingerprint density at radius 2 is 1.87 bits per heavy atom. The van der Waals surface area contributed by atoms with Crippen LogP contribution < -0.4 is 5.32 Å². The first-order valence-electron chi connectivity index (χ1n) is 10.2. The Morgan fingerprint density at radius 1 is 1.23 bits per heavy atom. The van der Waals surface area contributed by atoms with Gasteiger partial charge in [-0.05, 0) is 30.7 Å². The summed E-state index contributed by atoms with van der Waals surface area (Å²) in [6, 6.07) is 8.17. The first-order valence-corrected chi connectivity index (χ1v) is 12.1. The zero-order valence-electron chi connectivity index (χ0n) is 17.7. The second-order valence-electron chi connectivity index (χ2n) is 8.24. The molecule has 1 fully saturated rings. The zero-order valence-corrected chi connectivity index (χ0v) is 18.5. The molecule has 9 heteroatoms. The highest BCUT2D eigenvalue weighted by molar-refractivity contribution is 7.58. The summed E-state index contributed by atoms with van der Waals surface area (Å²) in [6.07, 6.45) is 0.629. The first-order chi connectivity index (χ1) is 14.0. The van der Waals surface area contributed by atoms with Gasteiger partial charge >= 0.3 is 5.97 Å². The average molecular weight is 438 g/mol. The van der Waals surface area contributed by atoms with Crippen molar-refractivity contribution in [1.82, 2.24) is 10.2 Å². The van der Waals surface area contributed by atoms with E-state index in [1.807, 2.05) is 6.07 Å². The molecule has 1 unspecified atom stereocenters. The molecule has 1 aliphatic rings. The number of carbonyl (C=O) groups is 3. The molecule has 0 aliphatic carbocycles. The fraction of sp³-hybridized carbons (Fsp3) is 0.571. The van der Waals surface area contributed by atoms with Gasteiger partial charge in [-0.3, -0.25) is 18.9 Å². The molecular weight excluding hydrogens is 407 g/mol.